The number of nitrogens with one attached hydrogen (secondary N) is 2. The van der Waals surface area contributed by atoms with E-state index in [1.54, 1.807) is 6.20 Å². The topological polar surface area (TPSA) is 63.9 Å². The number of anilines is 1. The molecule has 1 fully saturated rings. The molecule has 1 saturated heterocycles. The highest BCUT2D eigenvalue weighted by Crippen LogP contribution is 2.33. The molecule has 4 aromatic rings. The minimum atomic E-state index is -0.652. The summed E-state index contributed by atoms with van der Waals surface area (Å²) in [6, 6.07) is 16.5. The molecular formula is C23H25N5O. The number of benzene rings is 2. The van der Waals surface area contributed by atoms with Crippen LogP contribution >= 0.6 is 0 Å². The molecule has 0 atom stereocenters. The first-order chi connectivity index (χ1) is 14.2. The fourth-order valence-electron chi connectivity index (χ4n) is 4.64. The summed E-state index contributed by atoms with van der Waals surface area (Å²) in [7, 11) is 0. The van der Waals surface area contributed by atoms with Gasteiger partial charge in [0.1, 0.15) is 5.54 Å². The van der Waals surface area contributed by atoms with E-state index in [1.165, 1.54) is 21.8 Å². The average molecular weight is 387 g/mol. The number of carbonyl (C=O) groups excluding carboxylic acids is 1. The molecule has 1 amide bonds. The van der Waals surface area contributed by atoms with Crippen LogP contribution < -0.4 is 10.6 Å². The van der Waals surface area contributed by atoms with Crippen LogP contribution in [0.4, 0.5) is 5.69 Å². The number of hydrogen-bond donors (Lipinski definition) is 2. The summed E-state index contributed by atoms with van der Waals surface area (Å²) < 4.78 is 4.14. The summed E-state index contributed by atoms with van der Waals surface area (Å²) in [4.78, 5) is 13.4. The van der Waals surface area contributed by atoms with Crippen LogP contribution in [0, 0.1) is 0 Å². The van der Waals surface area contributed by atoms with E-state index in [0.29, 0.717) is 0 Å². The number of hydrogen-bond acceptors (Lipinski definition) is 3. The van der Waals surface area contributed by atoms with Crippen LogP contribution in [-0.2, 0) is 16.9 Å². The lowest BCUT2D eigenvalue weighted by atomic mass is 9.87. The van der Waals surface area contributed by atoms with E-state index < -0.39 is 5.54 Å². The Morgan fingerprint density at radius 3 is 2.66 bits per heavy atom. The van der Waals surface area contributed by atoms with E-state index in [4.69, 9.17) is 0 Å². The summed E-state index contributed by atoms with van der Waals surface area (Å²) in [5.41, 5.74) is 2.59. The standard InChI is InChI=1S/C23H25N5O/c1-2-27-20-7-4-3-6-18(20)19-16-17(8-9-21(19)27)26-22(29)23(10-13-24-14-11-23)28-15-5-12-25-28/h3-9,12,15-16,24H,2,10-11,13-14H2,1H3,(H,26,29). The second-order valence-electron chi connectivity index (χ2n) is 7.68. The number of rotatable bonds is 4. The molecule has 1 aliphatic rings. The van der Waals surface area contributed by atoms with Crippen LogP contribution in [0.1, 0.15) is 19.8 Å². The molecule has 2 N–H and O–H groups in total. The number of aromatic nitrogens is 3. The second kappa shape index (κ2) is 7.04. The van der Waals surface area contributed by atoms with Crippen molar-refractivity contribution in [3.05, 3.63) is 60.9 Å². The van der Waals surface area contributed by atoms with Gasteiger partial charge in [0, 0.05) is 46.4 Å². The maximum absolute atomic E-state index is 13.4. The maximum Gasteiger partial charge on any atom is 0.252 e. The van der Waals surface area contributed by atoms with E-state index in [9.17, 15) is 4.79 Å². The highest BCUT2D eigenvalue weighted by molar-refractivity contribution is 6.10. The maximum atomic E-state index is 13.4. The number of fused-ring (bicyclic) bond motifs is 3. The van der Waals surface area contributed by atoms with E-state index in [-0.39, 0.29) is 5.91 Å². The highest BCUT2D eigenvalue weighted by atomic mass is 16.2. The predicted molar refractivity (Wildman–Crippen MR) is 116 cm³/mol. The average Bonchev–Trinajstić information content (AvgIpc) is 3.41. The Hall–Kier alpha value is -3.12. The van der Waals surface area contributed by atoms with Gasteiger partial charge in [0.15, 0.2) is 0 Å². The third kappa shape index (κ3) is 2.83. The number of para-hydroxylation sites is 1. The van der Waals surface area contributed by atoms with Crippen LogP contribution in [0.2, 0.25) is 0 Å². The number of carbonyl (C=O) groups is 1. The van der Waals surface area contributed by atoms with Gasteiger partial charge < -0.3 is 15.2 Å². The Kier molecular flexibility index (Phi) is 4.36. The zero-order valence-electron chi connectivity index (χ0n) is 16.6. The third-order valence-corrected chi connectivity index (χ3v) is 6.14. The van der Waals surface area contributed by atoms with E-state index in [1.807, 2.05) is 23.0 Å². The fourth-order valence-corrected chi connectivity index (χ4v) is 4.64. The van der Waals surface area contributed by atoms with Crippen molar-refractivity contribution >= 4 is 33.4 Å². The lowest BCUT2D eigenvalue weighted by Crippen LogP contribution is -2.52. The molecule has 0 spiro atoms. The predicted octanol–water partition coefficient (Wildman–Crippen LogP) is 3.73. The minimum absolute atomic E-state index is 0.00118. The van der Waals surface area contributed by atoms with Crippen molar-refractivity contribution in [2.75, 3.05) is 18.4 Å². The monoisotopic (exact) mass is 387 g/mol. The summed E-state index contributed by atoms with van der Waals surface area (Å²) >= 11 is 0. The van der Waals surface area contributed by atoms with Crippen LogP contribution in [0.3, 0.4) is 0 Å². The van der Waals surface area contributed by atoms with Gasteiger partial charge in [-0.3, -0.25) is 9.48 Å². The van der Waals surface area contributed by atoms with Crippen LogP contribution in [-0.4, -0.2) is 33.3 Å². The van der Waals surface area contributed by atoms with Crippen LogP contribution in [0.25, 0.3) is 21.8 Å². The number of amides is 1. The lowest BCUT2D eigenvalue weighted by Gasteiger charge is -2.36. The van der Waals surface area contributed by atoms with Gasteiger partial charge >= 0.3 is 0 Å². The first-order valence-electron chi connectivity index (χ1n) is 10.3. The number of piperidine rings is 1. The van der Waals surface area contributed by atoms with Gasteiger partial charge in [-0.15, -0.1) is 0 Å². The normalized spacial score (nSPS) is 16.3. The zero-order chi connectivity index (χ0) is 19.8. The van der Waals surface area contributed by atoms with Crippen molar-refractivity contribution in [3.63, 3.8) is 0 Å². The van der Waals surface area contributed by atoms with Crippen molar-refractivity contribution in [3.8, 4) is 0 Å². The summed E-state index contributed by atoms with van der Waals surface area (Å²) in [5.74, 6) is 0.00118. The molecular weight excluding hydrogens is 362 g/mol. The molecule has 6 nitrogen and oxygen atoms in total. The quantitative estimate of drug-likeness (QED) is 0.561. The highest BCUT2D eigenvalue weighted by Gasteiger charge is 2.42. The van der Waals surface area contributed by atoms with Gasteiger partial charge in [-0.2, -0.15) is 5.10 Å². The van der Waals surface area contributed by atoms with Crippen molar-refractivity contribution in [2.45, 2.75) is 31.8 Å². The van der Waals surface area contributed by atoms with Crippen molar-refractivity contribution < 1.29 is 4.79 Å². The van der Waals surface area contributed by atoms with Crippen LogP contribution in [0.5, 0.6) is 0 Å². The Balaban J connectivity index is 1.54. The molecule has 2 aromatic heterocycles. The molecule has 0 saturated carbocycles. The molecule has 148 valence electrons. The first kappa shape index (κ1) is 17.9. The SMILES string of the molecule is CCn1c2ccccc2c2cc(NC(=O)C3(n4cccn4)CCNCC3)ccc21. The molecule has 3 heterocycles. The van der Waals surface area contributed by atoms with Crippen molar-refractivity contribution in [1.82, 2.24) is 19.7 Å². The minimum Gasteiger partial charge on any atom is -0.341 e. The summed E-state index contributed by atoms with van der Waals surface area (Å²) in [6.45, 7) is 4.67. The number of aryl methyl sites for hydroxylation is 1. The van der Waals surface area contributed by atoms with Gasteiger partial charge in [-0.05, 0) is 63.2 Å². The largest absolute Gasteiger partial charge is 0.341 e. The molecule has 5 rings (SSSR count). The number of nitrogens with zero attached hydrogens (tertiary/aromatic N) is 3. The molecule has 1 aliphatic heterocycles. The first-order valence-corrected chi connectivity index (χ1v) is 10.3. The molecule has 0 radical (unpaired) electrons. The fraction of sp³-hybridized carbons (Fsp3) is 0.304. The molecule has 2 aromatic carbocycles. The van der Waals surface area contributed by atoms with E-state index in [2.05, 4.69) is 63.6 Å². The lowest BCUT2D eigenvalue weighted by molar-refractivity contribution is -0.126. The van der Waals surface area contributed by atoms with Gasteiger partial charge in [0.2, 0.25) is 0 Å². The van der Waals surface area contributed by atoms with Gasteiger partial charge in [-0.25, -0.2) is 0 Å². The third-order valence-electron chi connectivity index (χ3n) is 6.14. The molecule has 0 bridgehead atoms. The van der Waals surface area contributed by atoms with E-state index >= 15 is 0 Å². The Morgan fingerprint density at radius 2 is 1.90 bits per heavy atom. The Morgan fingerprint density at radius 1 is 1.10 bits per heavy atom. The molecule has 6 heteroatoms. The van der Waals surface area contributed by atoms with Gasteiger partial charge in [-0.1, -0.05) is 18.2 Å². The van der Waals surface area contributed by atoms with Gasteiger partial charge in [0.25, 0.3) is 5.91 Å². The summed E-state index contributed by atoms with van der Waals surface area (Å²) in [6.07, 6.45) is 5.07. The summed E-state index contributed by atoms with van der Waals surface area (Å²) in [5, 5.41) is 13.3. The zero-order valence-corrected chi connectivity index (χ0v) is 16.6. The molecule has 29 heavy (non-hydrogen) atoms. The molecule has 0 unspecified atom stereocenters. The van der Waals surface area contributed by atoms with Crippen LogP contribution in [0.15, 0.2) is 60.9 Å². The van der Waals surface area contributed by atoms with Gasteiger partial charge in [0.05, 0.1) is 0 Å². The van der Waals surface area contributed by atoms with E-state index in [0.717, 1.165) is 38.2 Å². The smallest absolute Gasteiger partial charge is 0.252 e. The second-order valence-corrected chi connectivity index (χ2v) is 7.68. The Labute approximate surface area is 169 Å². The molecule has 0 aliphatic carbocycles. The Bertz CT molecular complexity index is 1170. The van der Waals surface area contributed by atoms with Crippen molar-refractivity contribution in [1.29, 1.82) is 0 Å². The van der Waals surface area contributed by atoms with Crippen molar-refractivity contribution in [2.24, 2.45) is 0 Å².